The molecule has 0 aromatic heterocycles. The van der Waals surface area contributed by atoms with Crippen LogP contribution in [-0.4, -0.2) is 42.4 Å². The van der Waals surface area contributed by atoms with Crippen LogP contribution in [0.4, 0.5) is 0 Å². The topological polar surface area (TPSA) is 75.4 Å². The maximum Gasteiger partial charge on any atom is 0.242 e. The Morgan fingerprint density at radius 1 is 1.71 bits per heavy atom. The minimum Gasteiger partial charge on any atom is -0.353 e. The van der Waals surface area contributed by atoms with Crippen molar-refractivity contribution in [2.24, 2.45) is 5.73 Å². The van der Waals surface area contributed by atoms with Crippen molar-refractivity contribution in [2.75, 3.05) is 19.6 Å². The maximum absolute atomic E-state index is 11.6. The fraction of sp³-hybridized carbons (Fsp3) is 0.778. The van der Waals surface area contributed by atoms with Crippen molar-refractivity contribution in [3.63, 3.8) is 0 Å². The zero-order valence-corrected chi connectivity index (χ0v) is 8.45. The number of hydrogen-bond donors (Lipinski definition) is 2. The van der Waals surface area contributed by atoms with Gasteiger partial charge in [0.05, 0.1) is 0 Å². The number of amides is 2. The molecule has 1 fully saturated rings. The molecule has 3 N–H and O–H groups in total. The molecule has 80 valence electrons. The molecule has 1 aliphatic rings. The molecule has 1 aliphatic heterocycles. The molecular weight excluding hydrogens is 182 g/mol. The number of rotatable bonds is 3. The van der Waals surface area contributed by atoms with Crippen LogP contribution in [0.3, 0.4) is 0 Å². The van der Waals surface area contributed by atoms with E-state index in [0.29, 0.717) is 32.5 Å². The Balaban J connectivity index is 2.64. The van der Waals surface area contributed by atoms with E-state index in [-0.39, 0.29) is 17.9 Å². The van der Waals surface area contributed by atoms with E-state index in [1.807, 2.05) is 6.92 Å². The van der Waals surface area contributed by atoms with Crippen molar-refractivity contribution in [3.05, 3.63) is 0 Å². The normalized spacial score (nSPS) is 22.0. The summed E-state index contributed by atoms with van der Waals surface area (Å²) in [4.78, 5) is 24.6. The van der Waals surface area contributed by atoms with Gasteiger partial charge in [0, 0.05) is 26.1 Å². The molecule has 1 heterocycles. The number of piperazine rings is 1. The average Bonchev–Trinajstić information content (AvgIpc) is 2.17. The van der Waals surface area contributed by atoms with Gasteiger partial charge in [0.2, 0.25) is 11.8 Å². The van der Waals surface area contributed by atoms with E-state index in [2.05, 4.69) is 5.32 Å². The van der Waals surface area contributed by atoms with Crippen molar-refractivity contribution in [1.29, 1.82) is 0 Å². The van der Waals surface area contributed by atoms with E-state index in [1.165, 1.54) is 0 Å². The van der Waals surface area contributed by atoms with Crippen molar-refractivity contribution in [2.45, 2.75) is 25.8 Å². The van der Waals surface area contributed by atoms with E-state index in [1.54, 1.807) is 4.90 Å². The van der Waals surface area contributed by atoms with Gasteiger partial charge < -0.3 is 16.0 Å². The van der Waals surface area contributed by atoms with Gasteiger partial charge in [0.25, 0.3) is 0 Å². The van der Waals surface area contributed by atoms with Gasteiger partial charge in [0.1, 0.15) is 6.04 Å². The quantitative estimate of drug-likeness (QED) is 0.616. The van der Waals surface area contributed by atoms with Gasteiger partial charge in [-0.15, -0.1) is 0 Å². The molecule has 0 aliphatic carbocycles. The summed E-state index contributed by atoms with van der Waals surface area (Å²) in [7, 11) is 0. The third-order valence-corrected chi connectivity index (χ3v) is 2.40. The Labute approximate surface area is 83.6 Å². The Bertz CT molecular complexity index is 230. The van der Waals surface area contributed by atoms with Crippen LogP contribution in [0.2, 0.25) is 0 Å². The zero-order chi connectivity index (χ0) is 10.6. The van der Waals surface area contributed by atoms with Crippen LogP contribution < -0.4 is 11.1 Å². The van der Waals surface area contributed by atoms with Crippen molar-refractivity contribution in [3.8, 4) is 0 Å². The Morgan fingerprint density at radius 3 is 3.00 bits per heavy atom. The van der Waals surface area contributed by atoms with Gasteiger partial charge in [0.15, 0.2) is 0 Å². The van der Waals surface area contributed by atoms with E-state index in [4.69, 9.17) is 5.73 Å². The van der Waals surface area contributed by atoms with E-state index >= 15 is 0 Å². The van der Waals surface area contributed by atoms with Crippen LogP contribution in [0.25, 0.3) is 0 Å². The second-order valence-electron chi connectivity index (χ2n) is 3.34. The van der Waals surface area contributed by atoms with Crippen molar-refractivity contribution in [1.82, 2.24) is 10.2 Å². The minimum atomic E-state index is -0.303. The van der Waals surface area contributed by atoms with Crippen LogP contribution in [-0.2, 0) is 9.59 Å². The molecule has 1 atom stereocenters. The van der Waals surface area contributed by atoms with Crippen LogP contribution in [0, 0.1) is 0 Å². The first kappa shape index (κ1) is 11.0. The molecule has 5 heteroatoms. The fourth-order valence-corrected chi connectivity index (χ4v) is 1.69. The van der Waals surface area contributed by atoms with E-state index in [0.717, 1.165) is 0 Å². The number of hydrogen-bond acceptors (Lipinski definition) is 3. The molecular formula is C9H17N3O2. The molecule has 0 aromatic carbocycles. The maximum atomic E-state index is 11.6. The molecule has 0 bridgehead atoms. The lowest BCUT2D eigenvalue weighted by molar-refractivity contribution is -0.143. The first-order chi connectivity index (χ1) is 6.70. The van der Waals surface area contributed by atoms with Gasteiger partial charge in [-0.2, -0.15) is 0 Å². The fourth-order valence-electron chi connectivity index (χ4n) is 1.69. The van der Waals surface area contributed by atoms with Gasteiger partial charge in [-0.25, -0.2) is 0 Å². The molecule has 2 amide bonds. The number of nitrogens with one attached hydrogen (secondary N) is 1. The van der Waals surface area contributed by atoms with Gasteiger partial charge >= 0.3 is 0 Å². The lowest BCUT2D eigenvalue weighted by atomic mass is 10.1. The monoisotopic (exact) mass is 199 g/mol. The third kappa shape index (κ3) is 2.23. The summed E-state index contributed by atoms with van der Waals surface area (Å²) in [6, 6.07) is -0.303. The summed E-state index contributed by atoms with van der Waals surface area (Å²) in [6.45, 7) is 3.39. The van der Waals surface area contributed by atoms with Gasteiger partial charge in [-0.05, 0) is 6.42 Å². The highest BCUT2D eigenvalue weighted by atomic mass is 16.2. The molecule has 14 heavy (non-hydrogen) atoms. The summed E-state index contributed by atoms with van der Waals surface area (Å²) < 4.78 is 0. The standard InChI is InChI=1S/C9H17N3O2/c1-2-7-9(14)11-5-6-12(7)8(13)3-4-10/h7H,2-6,10H2,1H3,(H,11,14). The average molecular weight is 199 g/mol. The predicted octanol–water partition coefficient (Wildman–Crippen LogP) is -0.928. The largest absolute Gasteiger partial charge is 0.353 e. The highest BCUT2D eigenvalue weighted by Gasteiger charge is 2.30. The Morgan fingerprint density at radius 2 is 2.43 bits per heavy atom. The van der Waals surface area contributed by atoms with Crippen LogP contribution in [0.15, 0.2) is 0 Å². The van der Waals surface area contributed by atoms with Gasteiger partial charge in [-0.3, -0.25) is 9.59 Å². The SMILES string of the molecule is CCC1C(=O)NCCN1C(=O)CCN. The summed E-state index contributed by atoms with van der Waals surface area (Å²) in [5.74, 6) is -0.0710. The van der Waals surface area contributed by atoms with E-state index < -0.39 is 0 Å². The summed E-state index contributed by atoms with van der Waals surface area (Å²) in [5, 5.41) is 2.75. The summed E-state index contributed by atoms with van der Waals surface area (Å²) >= 11 is 0. The Kier molecular flexibility index (Phi) is 3.88. The predicted molar refractivity (Wildman–Crippen MR) is 52.5 cm³/mol. The first-order valence-corrected chi connectivity index (χ1v) is 4.98. The summed E-state index contributed by atoms with van der Waals surface area (Å²) in [6.07, 6.45) is 0.978. The molecule has 0 radical (unpaired) electrons. The number of carbonyl (C=O) groups is 2. The zero-order valence-electron chi connectivity index (χ0n) is 8.45. The van der Waals surface area contributed by atoms with Crippen molar-refractivity contribution >= 4 is 11.8 Å². The lowest BCUT2D eigenvalue weighted by Gasteiger charge is -2.34. The number of nitrogens with two attached hydrogens (primary N) is 1. The highest BCUT2D eigenvalue weighted by Crippen LogP contribution is 2.09. The molecule has 1 rings (SSSR count). The molecule has 0 spiro atoms. The van der Waals surface area contributed by atoms with Crippen LogP contribution in [0.1, 0.15) is 19.8 Å². The Hall–Kier alpha value is -1.10. The molecule has 0 saturated carbocycles. The summed E-state index contributed by atoms with van der Waals surface area (Å²) in [5.41, 5.74) is 5.31. The third-order valence-electron chi connectivity index (χ3n) is 2.40. The molecule has 1 saturated heterocycles. The van der Waals surface area contributed by atoms with Gasteiger partial charge in [-0.1, -0.05) is 6.92 Å². The molecule has 0 aromatic rings. The van der Waals surface area contributed by atoms with Crippen LogP contribution >= 0.6 is 0 Å². The second kappa shape index (κ2) is 4.95. The van der Waals surface area contributed by atoms with Crippen LogP contribution in [0.5, 0.6) is 0 Å². The first-order valence-electron chi connectivity index (χ1n) is 4.98. The minimum absolute atomic E-state index is 0.0193. The molecule has 5 nitrogen and oxygen atoms in total. The van der Waals surface area contributed by atoms with E-state index in [9.17, 15) is 9.59 Å². The second-order valence-corrected chi connectivity index (χ2v) is 3.34. The van der Waals surface area contributed by atoms with Crippen molar-refractivity contribution < 1.29 is 9.59 Å². The smallest absolute Gasteiger partial charge is 0.242 e. The molecule has 1 unspecified atom stereocenters. The lowest BCUT2D eigenvalue weighted by Crippen LogP contribution is -2.57. The number of nitrogens with zero attached hydrogens (tertiary/aromatic N) is 1. The number of carbonyl (C=O) groups excluding carboxylic acids is 2. The highest BCUT2D eigenvalue weighted by molar-refractivity contribution is 5.88.